The second kappa shape index (κ2) is 10.5. The zero-order chi connectivity index (χ0) is 22.3. The molecule has 30 heavy (non-hydrogen) atoms. The van der Waals surface area contributed by atoms with Crippen LogP contribution >= 0.6 is 0 Å². The lowest BCUT2D eigenvalue weighted by molar-refractivity contribution is 0.0689. The maximum absolute atomic E-state index is 12.9. The number of rotatable bonds is 11. The molecule has 1 aromatic carbocycles. The molecule has 0 fully saturated rings. The van der Waals surface area contributed by atoms with Gasteiger partial charge in [-0.25, -0.2) is 9.78 Å². The van der Waals surface area contributed by atoms with Gasteiger partial charge in [0.15, 0.2) is 4.90 Å². The van der Waals surface area contributed by atoms with E-state index in [0.717, 1.165) is 12.0 Å². The quantitative estimate of drug-likeness (QED) is 0.405. The average Bonchev–Trinajstić information content (AvgIpc) is 2.73. The molecule has 1 atom stereocenters. The van der Waals surface area contributed by atoms with E-state index in [-0.39, 0.29) is 28.2 Å². The third-order valence-electron chi connectivity index (χ3n) is 4.85. The molecule has 0 saturated heterocycles. The molecule has 1 unspecified atom stereocenters. The Hall–Kier alpha value is -2.49. The van der Waals surface area contributed by atoms with Crippen LogP contribution < -0.4 is 14.2 Å². The van der Waals surface area contributed by atoms with Gasteiger partial charge < -0.3 is 23.9 Å². The predicted molar refractivity (Wildman–Crippen MR) is 115 cm³/mol. The monoisotopic (exact) mass is 436 g/mol. The third kappa shape index (κ3) is 5.78. The van der Waals surface area contributed by atoms with Crippen molar-refractivity contribution in [3.8, 4) is 11.6 Å². The lowest BCUT2D eigenvalue weighted by Crippen LogP contribution is -2.19. The van der Waals surface area contributed by atoms with Crippen molar-refractivity contribution in [1.82, 2.24) is 4.98 Å². The molecule has 0 aliphatic heterocycles. The number of aromatic carboxylic acids is 1. The van der Waals surface area contributed by atoms with E-state index < -0.39 is 17.3 Å². The summed E-state index contributed by atoms with van der Waals surface area (Å²) in [6.07, 6.45) is 2.64. The van der Waals surface area contributed by atoms with E-state index in [1.165, 1.54) is 26.4 Å². The minimum absolute atomic E-state index is 0.0790. The topological polar surface area (TPSA) is 113 Å². The van der Waals surface area contributed by atoms with Crippen LogP contribution in [0.3, 0.4) is 0 Å². The fourth-order valence-corrected chi connectivity index (χ4v) is 3.45. The number of anilines is 1. The van der Waals surface area contributed by atoms with Crippen LogP contribution in [0.5, 0.6) is 11.6 Å². The first-order valence-corrected chi connectivity index (χ1v) is 10.6. The van der Waals surface area contributed by atoms with Gasteiger partial charge in [-0.15, -0.1) is 0 Å². The number of hydrogen-bond acceptors (Lipinski definition) is 7. The van der Waals surface area contributed by atoms with Gasteiger partial charge in [-0.1, -0.05) is 20.8 Å². The van der Waals surface area contributed by atoms with Gasteiger partial charge in [-0.05, 0) is 35.6 Å². The third-order valence-corrected chi connectivity index (χ3v) is 5.94. The molecule has 2 N–H and O–H groups in total. The number of benzene rings is 1. The predicted octanol–water partition coefficient (Wildman–Crippen LogP) is 3.64. The number of pyridine rings is 1. The summed E-state index contributed by atoms with van der Waals surface area (Å²) >= 11 is -1.74. The molecular formula is C21H28N2O6S. The molecule has 0 aliphatic rings. The standard InChI is InChI=1S/C21H28N2O6S/c1-6-21(2,3)14-11-17(19(28-5)22-13-14)23-30(26)15-7-8-18(29-10-9-27-4)16(12-15)20(24)25/h7-8,11-13,23H,6,9-10H2,1-5H3,(H,24,25). The number of carbonyl (C=O) groups is 1. The van der Waals surface area contributed by atoms with E-state index in [9.17, 15) is 14.5 Å². The zero-order valence-corrected chi connectivity index (χ0v) is 18.7. The molecule has 0 radical (unpaired) electrons. The summed E-state index contributed by atoms with van der Waals surface area (Å²) in [7, 11) is 3.01. The van der Waals surface area contributed by atoms with Crippen LogP contribution in [0.15, 0.2) is 35.4 Å². The first kappa shape index (κ1) is 23.8. The Labute approximate surface area is 179 Å². The van der Waals surface area contributed by atoms with Crippen molar-refractivity contribution in [2.24, 2.45) is 0 Å². The minimum atomic E-state index is -1.74. The normalized spacial score (nSPS) is 12.3. The number of nitrogens with one attached hydrogen (secondary N) is 1. The van der Waals surface area contributed by atoms with Gasteiger partial charge in [0.05, 0.1) is 13.7 Å². The average molecular weight is 437 g/mol. The highest BCUT2D eigenvalue weighted by Gasteiger charge is 2.24. The summed E-state index contributed by atoms with van der Waals surface area (Å²) in [6, 6.07) is 6.22. The molecular weight excluding hydrogens is 408 g/mol. The number of aromatic nitrogens is 1. The first-order valence-electron chi connectivity index (χ1n) is 9.45. The van der Waals surface area contributed by atoms with Crippen LogP contribution in [0.4, 0.5) is 5.69 Å². The van der Waals surface area contributed by atoms with Crippen molar-refractivity contribution in [2.45, 2.75) is 37.5 Å². The molecule has 1 heterocycles. The summed E-state index contributed by atoms with van der Waals surface area (Å²) in [5, 5.41) is 9.49. The van der Waals surface area contributed by atoms with E-state index in [4.69, 9.17) is 14.2 Å². The van der Waals surface area contributed by atoms with Gasteiger partial charge in [0.25, 0.3) is 0 Å². The number of hydrogen-bond donors (Lipinski definition) is 2. The summed E-state index contributed by atoms with van der Waals surface area (Å²) in [4.78, 5) is 16.2. The van der Waals surface area contributed by atoms with Crippen LogP contribution in [0.25, 0.3) is 0 Å². The molecule has 2 aromatic rings. The Morgan fingerprint density at radius 3 is 2.60 bits per heavy atom. The number of ether oxygens (including phenoxy) is 3. The number of carboxylic acid groups (broad SMARTS) is 1. The van der Waals surface area contributed by atoms with Gasteiger partial charge in [0.2, 0.25) is 5.88 Å². The highest BCUT2D eigenvalue weighted by atomic mass is 32.2. The smallest absolute Gasteiger partial charge is 0.339 e. The second-order valence-corrected chi connectivity index (χ2v) is 8.41. The van der Waals surface area contributed by atoms with Crippen molar-refractivity contribution in [1.29, 1.82) is 0 Å². The second-order valence-electron chi connectivity index (χ2n) is 7.19. The van der Waals surface area contributed by atoms with Gasteiger partial charge >= 0.3 is 5.97 Å². The summed E-state index contributed by atoms with van der Waals surface area (Å²) < 4.78 is 31.4. The van der Waals surface area contributed by atoms with E-state index in [2.05, 4.69) is 30.5 Å². The highest BCUT2D eigenvalue weighted by Crippen LogP contribution is 2.33. The van der Waals surface area contributed by atoms with Crippen molar-refractivity contribution < 1.29 is 28.7 Å². The van der Waals surface area contributed by atoms with Gasteiger partial charge in [0.1, 0.15) is 35.0 Å². The summed E-state index contributed by atoms with van der Waals surface area (Å²) in [5.74, 6) is -0.685. The minimum Gasteiger partial charge on any atom is -0.588 e. The molecule has 0 spiro atoms. The zero-order valence-electron chi connectivity index (χ0n) is 17.9. The fraction of sp³-hybridized carbons (Fsp3) is 0.429. The van der Waals surface area contributed by atoms with Gasteiger partial charge in [-0.2, -0.15) is 4.72 Å². The SMILES string of the molecule is CCC(C)(C)c1cnc(OC)c(N[S+]([O-])c2ccc(OCCOC)c(C(=O)O)c2)c1. The molecule has 164 valence electrons. The molecule has 9 heteroatoms. The number of nitrogens with zero attached hydrogens (tertiary/aromatic N) is 1. The molecule has 0 saturated carbocycles. The number of methoxy groups -OCH3 is 2. The van der Waals surface area contributed by atoms with Crippen molar-refractivity contribution in [2.75, 3.05) is 32.2 Å². The Balaban J connectivity index is 2.31. The Morgan fingerprint density at radius 2 is 2.00 bits per heavy atom. The molecule has 0 aliphatic carbocycles. The number of carboxylic acids is 1. The van der Waals surface area contributed by atoms with Crippen molar-refractivity contribution in [3.05, 3.63) is 41.6 Å². The van der Waals surface area contributed by atoms with Crippen molar-refractivity contribution >= 4 is 23.0 Å². The summed E-state index contributed by atoms with van der Waals surface area (Å²) in [5.41, 5.74) is 1.24. The first-order chi connectivity index (χ1) is 14.2. The van der Waals surface area contributed by atoms with Crippen LogP contribution in [0.2, 0.25) is 0 Å². The van der Waals surface area contributed by atoms with Crippen LogP contribution in [-0.2, 0) is 21.5 Å². The lowest BCUT2D eigenvalue weighted by atomic mass is 9.83. The Bertz CT molecular complexity index is 875. The Morgan fingerprint density at radius 1 is 1.27 bits per heavy atom. The fourth-order valence-electron chi connectivity index (χ4n) is 2.57. The van der Waals surface area contributed by atoms with Gasteiger partial charge in [0, 0.05) is 19.4 Å². The summed E-state index contributed by atoms with van der Waals surface area (Å²) in [6.45, 7) is 6.81. The van der Waals surface area contributed by atoms with E-state index in [1.54, 1.807) is 12.3 Å². The largest absolute Gasteiger partial charge is 0.588 e. The maximum atomic E-state index is 12.9. The molecule has 2 rings (SSSR count). The van der Waals surface area contributed by atoms with Crippen LogP contribution in [0.1, 0.15) is 43.1 Å². The maximum Gasteiger partial charge on any atom is 0.339 e. The van der Waals surface area contributed by atoms with E-state index in [0.29, 0.717) is 18.2 Å². The molecule has 0 amide bonds. The Kier molecular flexibility index (Phi) is 8.33. The molecule has 1 aromatic heterocycles. The van der Waals surface area contributed by atoms with Gasteiger partial charge in [-0.3, -0.25) is 0 Å². The highest BCUT2D eigenvalue weighted by molar-refractivity contribution is 7.92. The van der Waals surface area contributed by atoms with Crippen LogP contribution in [0, 0.1) is 0 Å². The molecule has 0 bridgehead atoms. The molecule has 8 nitrogen and oxygen atoms in total. The van der Waals surface area contributed by atoms with Crippen LogP contribution in [-0.4, -0.2) is 48.0 Å². The van der Waals surface area contributed by atoms with E-state index >= 15 is 0 Å². The van der Waals surface area contributed by atoms with Crippen molar-refractivity contribution in [3.63, 3.8) is 0 Å². The lowest BCUT2D eigenvalue weighted by Gasteiger charge is -2.24. The van der Waals surface area contributed by atoms with E-state index in [1.807, 2.05) is 6.07 Å².